The highest BCUT2D eigenvalue weighted by atomic mass is 32.2. The average Bonchev–Trinajstić information content (AvgIpc) is 2.82. The van der Waals surface area contributed by atoms with Crippen LogP contribution in [-0.2, 0) is 5.75 Å². The summed E-state index contributed by atoms with van der Waals surface area (Å²) >= 11 is 1.58. The maximum absolute atomic E-state index is 5.62. The third-order valence-electron chi connectivity index (χ3n) is 2.42. The topological polar surface area (TPSA) is 35.3 Å². The van der Waals surface area contributed by atoms with Gasteiger partial charge in [0.05, 0.1) is 12.8 Å². The molecule has 0 aliphatic rings. The Kier molecular flexibility index (Phi) is 4.09. The number of aryl methyl sites for hydroxylation is 1. The summed E-state index contributed by atoms with van der Waals surface area (Å²) < 4.78 is 10.8. The van der Waals surface area contributed by atoms with Gasteiger partial charge in [-0.25, -0.2) is 4.98 Å². The highest BCUT2D eigenvalue weighted by molar-refractivity contribution is 7.98. The minimum Gasteiger partial charge on any atom is -0.494 e. The molecule has 90 valence electrons. The lowest BCUT2D eigenvalue weighted by atomic mass is 10.1. The van der Waals surface area contributed by atoms with E-state index in [4.69, 9.17) is 9.15 Å². The second-order valence-electron chi connectivity index (χ2n) is 3.57. The van der Waals surface area contributed by atoms with E-state index in [1.807, 2.05) is 19.1 Å². The number of ether oxygens (including phenoxy) is 1. The van der Waals surface area contributed by atoms with Gasteiger partial charge in [0.1, 0.15) is 12.0 Å². The van der Waals surface area contributed by atoms with Gasteiger partial charge in [-0.15, -0.1) is 0 Å². The van der Waals surface area contributed by atoms with E-state index < -0.39 is 0 Å². The van der Waals surface area contributed by atoms with Gasteiger partial charge in [-0.3, -0.25) is 0 Å². The predicted octanol–water partition coefficient (Wildman–Crippen LogP) is 3.67. The molecule has 0 bridgehead atoms. The summed E-state index contributed by atoms with van der Waals surface area (Å²) in [6.07, 6.45) is 3.24. The fourth-order valence-electron chi connectivity index (χ4n) is 1.57. The van der Waals surface area contributed by atoms with Gasteiger partial charge in [-0.1, -0.05) is 23.9 Å². The Morgan fingerprint density at radius 1 is 1.41 bits per heavy atom. The lowest BCUT2D eigenvalue weighted by molar-refractivity contribution is 0.337. The van der Waals surface area contributed by atoms with E-state index >= 15 is 0 Å². The molecule has 0 N–H and O–H groups in total. The van der Waals surface area contributed by atoms with Crippen LogP contribution in [0.3, 0.4) is 0 Å². The largest absolute Gasteiger partial charge is 0.494 e. The van der Waals surface area contributed by atoms with Crippen LogP contribution in [0.1, 0.15) is 18.1 Å². The van der Waals surface area contributed by atoms with Crippen molar-refractivity contribution in [2.24, 2.45) is 0 Å². The van der Waals surface area contributed by atoms with Crippen molar-refractivity contribution in [1.29, 1.82) is 0 Å². The van der Waals surface area contributed by atoms with Crippen molar-refractivity contribution in [3.8, 4) is 5.75 Å². The molecule has 0 aliphatic carbocycles. The van der Waals surface area contributed by atoms with E-state index in [-0.39, 0.29) is 0 Å². The summed E-state index contributed by atoms with van der Waals surface area (Å²) in [5.74, 6) is 1.76. The van der Waals surface area contributed by atoms with Gasteiger partial charge in [-0.2, -0.15) is 0 Å². The fraction of sp³-hybridized carbons (Fsp3) is 0.308. The van der Waals surface area contributed by atoms with Crippen LogP contribution in [0.4, 0.5) is 0 Å². The number of thioether (sulfide) groups is 1. The first kappa shape index (κ1) is 12.0. The lowest BCUT2D eigenvalue weighted by Gasteiger charge is -2.11. The standard InChI is InChI=1S/C13H15NO2S/c1-3-15-12-6-4-5-10(2)11(12)9-17-13-14-7-8-16-13/h4-8H,3,9H2,1-2H3. The first-order valence-corrected chi connectivity index (χ1v) is 6.53. The summed E-state index contributed by atoms with van der Waals surface area (Å²) in [6, 6.07) is 6.11. The number of rotatable bonds is 5. The molecule has 0 amide bonds. The van der Waals surface area contributed by atoms with Crippen molar-refractivity contribution in [3.05, 3.63) is 41.8 Å². The smallest absolute Gasteiger partial charge is 0.255 e. The van der Waals surface area contributed by atoms with Gasteiger partial charge in [0, 0.05) is 11.3 Å². The molecule has 2 aromatic rings. The molecule has 17 heavy (non-hydrogen) atoms. The Morgan fingerprint density at radius 2 is 2.29 bits per heavy atom. The average molecular weight is 249 g/mol. The zero-order valence-electron chi connectivity index (χ0n) is 9.97. The van der Waals surface area contributed by atoms with E-state index in [0.717, 1.165) is 11.5 Å². The molecule has 0 atom stereocenters. The van der Waals surface area contributed by atoms with Gasteiger partial charge in [0.2, 0.25) is 0 Å². The Bertz CT molecular complexity index is 468. The molecule has 1 aromatic carbocycles. The van der Waals surface area contributed by atoms with Gasteiger partial charge < -0.3 is 9.15 Å². The first-order valence-electron chi connectivity index (χ1n) is 5.55. The maximum Gasteiger partial charge on any atom is 0.255 e. The molecule has 3 nitrogen and oxygen atoms in total. The number of hydrogen-bond acceptors (Lipinski definition) is 4. The second kappa shape index (κ2) is 5.77. The fourth-order valence-corrected chi connectivity index (χ4v) is 2.46. The van der Waals surface area contributed by atoms with Crippen LogP contribution in [0.5, 0.6) is 5.75 Å². The van der Waals surface area contributed by atoms with E-state index in [2.05, 4.69) is 18.0 Å². The van der Waals surface area contributed by atoms with Crippen LogP contribution in [0.25, 0.3) is 0 Å². The molecule has 2 rings (SSSR count). The number of oxazole rings is 1. The Labute approximate surface area is 105 Å². The highest BCUT2D eigenvalue weighted by Gasteiger charge is 2.08. The van der Waals surface area contributed by atoms with E-state index in [1.54, 1.807) is 24.2 Å². The first-order chi connectivity index (χ1) is 8.31. The van der Waals surface area contributed by atoms with Crippen LogP contribution in [0, 0.1) is 6.92 Å². The van der Waals surface area contributed by atoms with Crippen molar-refractivity contribution >= 4 is 11.8 Å². The van der Waals surface area contributed by atoms with Crippen LogP contribution < -0.4 is 4.74 Å². The summed E-state index contributed by atoms with van der Waals surface area (Å²) in [4.78, 5) is 4.09. The quantitative estimate of drug-likeness (QED) is 0.757. The molecule has 1 heterocycles. The minimum absolute atomic E-state index is 0.681. The lowest BCUT2D eigenvalue weighted by Crippen LogP contribution is -1.97. The molecule has 4 heteroatoms. The summed E-state index contributed by atoms with van der Waals surface area (Å²) in [7, 11) is 0. The summed E-state index contributed by atoms with van der Waals surface area (Å²) in [5, 5.41) is 0.690. The highest BCUT2D eigenvalue weighted by Crippen LogP contribution is 2.29. The number of nitrogens with zero attached hydrogens (tertiary/aromatic N) is 1. The second-order valence-corrected chi connectivity index (χ2v) is 4.50. The van der Waals surface area contributed by atoms with Gasteiger partial charge in [0.25, 0.3) is 5.22 Å². The number of aromatic nitrogens is 1. The molecule has 0 radical (unpaired) electrons. The summed E-state index contributed by atoms with van der Waals surface area (Å²) in [6.45, 7) is 4.77. The molecule has 0 fully saturated rings. The Morgan fingerprint density at radius 3 is 3.00 bits per heavy atom. The van der Waals surface area contributed by atoms with E-state index in [9.17, 15) is 0 Å². The molecule has 0 unspecified atom stereocenters. The normalized spacial score (nSPS) is 10.5. The SMILES string of the molecule is CCOc1cccc(C)c1CSc1ncco1. The van der Waals surface area contributed by atoms with Gasteiger partial charge in [-0.05, 0) is 25.5 Å². The van der Waals surface area contributed by atoms with Crippen molar-refractivity contribution in [2.45, 2.75) is 24.8 Å². The maximum atomic E-state index is 5.62. The number of hydrogen-bond donors (Lipinski definition) is 0. The third kappa shape index (κ3) is 3.03. The third-order valence-corrected chi connectivity index (χ3v) is 3.30. The predicted molar refractivity (Wildman–Crippen MR) is 68.4 cm³/mol. The van der Waals surface area contributed by atoms with Crippen LogP contribution in [-0.4, -0.2) is 11.6 Å². The molecular weight excluding hydrogens is 234 g/mol. The Hall–Kier alpha value is -1.42. The number of benzene rings is 1. The van der Waals surface area contributed by atoms with E-state index in [1.165, 1.54) is 11.1 Å². The zero-order valence-corrected chi connectivity index (χ0v) is 10.8. The van der Waals surface area contributed by atoms with Crippen molar-refractivity contribution in [3.63, 3.8) is 0 Å². The van der Waals surface area contributed by atoms with Crippen molar-refractivity contribution in [2.75, 3.05) is 6.61 Å². The van der Waals surface area contributed by atoms with E-state index in [0.29, 0.717) is 11.8 Å². The molecule has 0 saturated carbocycles. The molecular formula is C13H15NO2S. The van der Waals surface area contributed by atoms with Crippen molar-refractivity contribution < 1.29 is 9.15 Å². The Balaban J connectivity index is 2.13. The minimum atomic E-state index is 0.681. The molecule has 0 spiro atoms. The van der Waals surface area contributed by atoms with Crippen LogP contribution in [0.15, 0.2) is 40.3 Å². The van der Waals surface area contributed by atoms with Crippen LogP contribution >= 0.6 is 11.8 Å². The van der Waals surface area contributed by atoms with Crippen LogP contribution in [0.2, 0.25) is 0 Å². The zero-order chi connectivity index (χ0) is 12.1. The monoisotopic (exact) mass is 249 g/mol. The van der Waals surface area contributed by atoms with Gasteiger partial charge in [0.15, 0.2) is 0 Å². The summed E-state index contributed by atoms with van der Waals surface area (Å²) in [5.41, 5.74) is 2.44. The molecule has 1 aromatic heterocycles. The molecule has 0 saturated heterocycles. The molecule has 0 aliphatic heterocycles. The van der Waals surface area contributed by atoms with Crippen molar-refractivity contribution in [1.82, 2.24) is 4.98 Å². The van der Waals surface area contributed by atoms with Gasteiger partial charge >= 0.3 is 0 Å².